The molecule has 0 radical (unpaired) electrons. The van der Waals surface area contributed by atoms with Crippen LogP contribution < -0.4 is 10.0 Å². The maximum Gasteiger partial charge on any atom is 0.242 e. The summed E-state index contributed by atoms with van der Waals surface area (Å²) < 4.78 is 33.5. The maximum absolute atomic E-state index is 12.5. The Balaban J connectivity index is 2.12. The second-order valence-electron chi connectivity index (χ2n) is 4.77. The van der Waals surface area contributed by atoms with Crippen molar-refractivity contribution in [3.63, 3.8) is 0 Å². The lowest BCUT2D eigenvalue weighted by molar-refractivity contribution is 0.199. The van der Waals surface area contributed by atoms with Crippen molar-refractivity contribution < 1.29 is 13.2 Å². The number of rotatable bonds is 8. The van der Waals surface area contributed by atoms with Crippen molar-refractivity contribution in [1.29, 1.82) is 0 Å². The predicted molar refractivity (Wildman–Crippen MR) is 91.5 cm³/mol. The number of hydrogen-bond acceptors (Lipinski definition) is 5. The normalized spacial score (nSPS) is 12.1. The van der Waals surface area contributed by atoms with Gasteiger partial charge in [-0.15, -0.1) is 11.3 Å². The number of sulfonamides is 1. The van der Waals surface area contributed by atoms with Gasteiger partial charge in [0.2, 0.25) is 10.0 Å². The molecular formula is C14H19ClN2O3S2. The Morgan fingerprint density at radius 1 is 1.27 bits per heavy atom. The van der Waals surface area contributed by atoms with E-state index < -0.39 is 10.0 Å². The van der Waals surface area contributed by atoms with Crippen LogP contribution in [0.3, 0.4) is 0 Å². The molecular weight excluding hydrogens is 344 g/mol. The summed E-state index contributed by atoms with van der Waals surface area (Å²) in [6, 6.07) is 5.32. The molecule has 0 amide bonds. The van der Waals surface area contributed by atoms with Gasteiger partial charge < -0.3 is 10.1 Å². The van der Waals surface area contributed by atoms with Crippen LogP contribution in [0.5, 0.6) is 0 Å². The number of benzene rings is 1. The van der Waals surface area contributed by atoms with Gasteiger partial charge in [-0.3, -0.25) is 0 Å². The quantitative estimate of drug-likeness (QED) is 0.707. The van der Waals surface area contributed by atoms with Crippen LogP contribution in [0.2, 0.25) is 5.02 Å². The molecule has 0 saturated heterocycles. The van der Waals surface area contributed by atoms with E-state index in [9.17, 15) is 8.42 Å². The van der Waals surface area contributed by atoms with E-state index in [1.165, 1.54) is 11.3 Å². The van der Waals surface area contributed by atoms with E-state index >= 15 is 0 Å². The Morgan fingerprint density at radius 3 is 2.77 bits per heavy atom. The van der Waals surface area contributed by atoms with Gasteiger partial charge in [-0.05, 0) is 25.1 Å². The molecule has 2 aromatic rings. The third-order valence-corrected chi connectivity index (χ3v) is 6.21. The summed E-state index contributed by atoms with van der Waals surface area (Å²) in [5, 5.41) is 4.30. The van der Waals surface area contributed by atoms with Crippen molar-refractivity contribution in [3.8, 4) is 0 Å². The SMILES string of the molecule is COCCNCCNS(=O)(=O)c1c(C)sc2ccc(Cl)cc12. The van der Waals surface area contributed by atoms with Crippen LogP contribution in [-0.4, -0.2) is 41.8 Å². The number of aryl methyl sites for hydroxylation is 1. The van der Waals surface area contributed by atoms with Gasteiger partial charge in [-0.2, -0.15) is 0 Å². The van der Waals surface area contributed by atoms with Crippen LogP contribution in [0.4, 0.5) is 0 Å². The second-order valence-corrected chi connectivity index (χ2v) is 8.16. The van der Waals surface area contributed by atoms with Crippen molar-refractivity contribution in [3.05, 3.63) is 28.1 Å². The number of nitrogens with one attached hydrogen (secondary N) is 2. The van der Waals surface area contributed by atoms with E-state index in [1.807, 2.05) is 13.0 Å². The first kappa shape index (κ1) is 17.7. The summed E-state index contributed by atoms with van der Waals surface area (Å²) in [6.45, 7) is 3.96. The molecule has 0 aliphatic heterocycles. The molecule has 5 nitrogen and oxygen atoms in total. The molecule has 0 saturated carbocycles. The molecule has 0 atom stereocenters. The van der Waals surface area contributed by atoms with Crippen molar-refractivity contribution in [2.24, 2.45) is 0 Å². The van der Waals surface area contributed by atoms with E-state index in [-0.39, 0.29) is 0 Å². The van der Waals surface area contributed by atoms with E-state index in [4.69, 9.17) is 16.3 Å². The Bertz CT molecular complexity index is 744. The molecule has 2 N–H and O–H groups in total. The van der Waals surface area contributed by atoms with Crippen LogP contribution in [0, 0.1) is 6.92 Å². The summed E-state index contributed by atoms with van der Waals surface area (Å²) in [5.41, 5.74) is 0. The maximum atomic E-state index is 12.5. The van der Waals surface area contributed by atoms with Gasteiger partial charge in [0.15, 0.2) is 0 Å². The minimum absolute atomic E-state index is 0.323. The lowest BCUT2D eigenvalue weighted by atomic mass is 10.2. The summed E-state index contributed by atoms with van der Waals surface area (Å²) in [4.78, 5) is 1.09. The third-order valence-electron chi connectivity index (χ3n) is 3.11. The molecule has 22 heavy (non-hydrogen) atoms. The Morgan fingerprint density at radius 2 is 2.05 bits per heavy atom. The predicted octanol–water partition coefficient (Wildman–Crippen LogP) is 2.38. The molecule has 0 aliphatic rings. The second kappa shape index (κ2) is 7.72. The average molecular weight is 363 g/mol. The van der Waals surface area contributed by atoms with E-state index in [0.717, 1.165) is 9.58 Å². The van der Waals surface area contributed by atoms with Gasteiger partial charge in [0, 0.05) is 46.7 Å². The molecule has 1 heterocycles. The molecule has 1 aromatic carbocycles. The van der Waals surface area contributed by atoms with Crippen molar-refractivity contribution >= 4 is 43.0 Å². The summed E-state index contributed by atoms with van der Waals surface area (Å²) in [7, 11) is -1.93. The van der Waals surface area contributed by atoms with Crippen molar-refractivity contribution in [2.75, 3.05) is 33.4 Å². The molecule has 0 spiro atoms. The lowest BCUT2D eigenvalue weighted by Crippen LogP contribution is -2.33. The summed E-state index contributed by atoms with van der Waals surface area (Å²) in [6.07, 6.45) is 0. The number of fused-ring (bicyclic) bond motifs is 1. The van der Waals surface area contributed by atoms with E-state index in [1.54, 1.807) is 19.2 Å². The average Bonchev–Trinajstić information content (AvgIpc) is 2.78. The highest BCUT2D eigenvalue weighted by molar-refractivity contribution is 7.90. The zero-order valence-electron chi connectivity index (χ0n) is 12.5. The molecule has 0 aliphatic carbocycles. The fourth-order valence-corrected chi connectivity index (χ4v) is 5.13. The van der Waals surface area contributed by atoms with Crippen LogP contribution in [-0.2, 0) is 14.8 Å². The van der Waals surface area contributed by atoms with E-state index in [0.29, 0.717) is 41.5 Å². The zero-order chi connectivity index (χ0) is 16.2. The minimum Gasteiger partial charge on any atom is -0.383 e. The lowest BCUT2D eigenvalue weighted by Gasteiger charge is -2.08. The Labute approximate surface area is 139 Å². The molecule has 0 fully saturated rings. The van der Waals surface area contributed by atoms with Crippen LogP contribution in [0.1, 0.15) is 4.88 Å². The minimum atomic E-state index is -3.55. The van der Waals surface area contributed by atoms with Gasteiger partial charge in [0.05, 0.1) is 6.61 Å². The van der Waals surface area contributed by atoms with Gasteiger partial charge >= 0.3 is 0 Å². The fraction of sp³-hybridized carbons (Fsp3) is 0.429. The van der Waals surface area contributed by atoms with Crippen LogP contribution in [0.25, 0.3) is 10.1 Å². The summed E-state index contributed by atoms with van der Waals surface area (Å²) in [5.74, 6) is 0. The Hall–Kier alpha value is -0.700. The van der Waals surface area contributed by atoms with Crippen molar-refractivity contribution in [2.45, 2.75) is 11.8 Å². The largest absolute Gasteiger partial charge is 0.383 e. The molecule has 0 unspecified atom stereocenters. The highest BCUT2D eigenvalue weighted by Crippen LogP contribution is 2.35. The first-order valence-electron chi connectivity index (χ1n) is 6.83. The monoisotopic (exact) mass is 362 g/mol. The first-order chi connectivity index (χ1) is 10.5. The molecule has 122 valence electrons. The summed E-state index contributed by atoms with van der Waals surface area (Å²) >= 11 is 7.45. The van der Waals surface area contributed by atoms with Gasteiger partial charge in [0.1, 0.15) is 4.90 Å². The molecule has 0 bridgehead atoms. The highest BCUT2D eigenvalue weighted by Gasteiger charge is 2.22. The molecule has 2 rings (SSSR count). The Kier molecular flexibility index (Phi) is 6.19. The number of methoxy groups -OCH3 is 1. The topological polar surface area (TPSA) is 67.4 Å². The van der Waals surface area contributed by atoms with Crippen LogP contribution in [0.15, 0.2) is 23.1 Å². The molecule has 1 aromatic heterocycles. The van der Waals surface area contributed by atoms with Crippen LogP contribution >= 0.6 is 22.9 Å². The smallest absolute Gasteiger partial charge is 0.242 e. The first-order valence-corrected chi connectivity index (χ1v) is 9.51. The number of hydrogen-bond donors (Lipinski definition) is 2. The highest BCUT2D eigenvalue weighted by atomic mass is 35.5. The number of halogens is 1. The number of ether oxygens (including phenoxy) is 1. The van der Waals surface area contributed by atoms with Crippen molar-refractivity contribution in [1.82, 2.24) is 10.0 Å². The van der Waals surface area contributed by atoms with Gasteiger partial charge in [-0.1, -0.05) is 11.6 Å². The standard InChI is InChI=1S/C14H19ClN2O3S2/c1-10-14(12-9-11(15)3-4-13(12)21-10)22(18,19)17-6-5-16-7-8-20-2/h3-4,9,16-17H,5-8H2,1-2H3. The number of thiophene rings is 1. The third kappa shape index (κ3) is 4.18. The van der Waals surface area contributed by atoms with Gasteiger partial charge in [0.25, 0.3) is 0 Å². The van der Waals surface area contributed by atoms with Gasteiger partial charge in [-0.25, -0.2) is 13.1 Å². The molecule has 8 heteroatoms. The zero-order valence-corrected chi connectivity index (χ0v) is 14.9. The van der Waals surface area contributed by atoms with E-state index in [2.05, 4.69) is 10.0 Å². The fourth-order valence-electron chi connectivity index (χ4n) is 2.15.